The van der Waals surface area contributed by atoms with Crippen molar-refractivity contribution < 1.29 is 18.9 Å². The fraction of sp³-hybridized carbons (Fsp3) is 0.333. The molecule has 0 bridgehead atoms. The molecule has 132 valence electrons. The van der Waals surface area contributed by atoms with Crippen LogP contribution in [-0.2, 0) is 9.59 Å². The van der Waals surface area contributed by atoms with Crippen molar-refractivity contribution in [2.24, 2.45) is 0 Å². The smallest absolute Gasteiger partial charge is 0.247 e. The molecule has 1 heterocycles. The van der Waals surface area contributed by atoms with E-state index in [1.165, 1.54) is 0 Å². The topological polar surface area (TPSA) is 101 Å². The van der Waals surface area contributed by atoms with Crippen molar-refractivity contribution in [1.29, 1.82) is 0 Å². The van der Waals surface area contributed by atoms with Crippen molar-refractivity contribution in [3.05, 3.63) is 47.7 Å². The van der Waals surface area contributed by atoms with Gasteiger partial charge in [-0.2, -0.15) is 0 Å². The van der Waals surface area contributed by atoms with Gasteiger partial charge in [-0.05, 0) is 20.3 Å². The van der Waals surface area contributed by atoms with Crippen LogP contribution in [0, 0.1) is 6.92 Å². The third-order valence-electron chi connectivity index (χ3n) is 3.55. The van der Waals surface area contributed by atoms with Crippen LogP contribution in [0.1, 0.15) is 42.3 Å². The Kier molecular flexibility index (Phi) is 6.45. The van der Waals surface area contributed by atoms with Gasteiger partial charge in [0.1, 0.15) is 11.8 Å². The Morgan fingerprint density at radius 2 is 1.88 bits per heavy atom. The molecule has 0 aliphatic carbocycles. The highest BCUT2D eigenvalue weighted by atomic mass is 16.5. The molecule has 0 aliphatic rings. The third-order valence-corrected chi connectivity index (χ3v) is 3.55. The molecule has 0 saturated carbocycles. The van der Waals surface area contributed by atoms with E-state index in [1.807, 2.05) is 6.07 Å². The van der Waals surface area contributed by atoms with Gasteiger partial charge in [0.2, 0.25) is 11.8 Å². The van der Waals surface area contributed by atoms with Gasteiger partial charge in [-0.25, -0.2) is 0 Å². The molecule has 2 rings (SSSR count). The Bertz CT molecular complexity index is 740. The van der Waals surface area contributed by atoms with Crippen molar-refractivity contribution >= 4 is 23.4 Å². The number of benzene rings is 1. The second kappa shape index (κ2) is 8.77. The van der Waals surface area contributed by atoms with Gasteiger partial charge in [0, 0.05) is 24.5 Å². The number of nitrogens with one attached hydrogen (secondary N) is 2. The van der Waals surface area contributed by atoms with Crippen LogP contribution < -0.4 is 10.6 Å². The molecule has 0 fully saturated rings. The fourth-order valence-electron chi connectivity index (χ4n) is 2.22. The lowest BCUT2D eigenvalue weighted by molar-refractivity contribution is -0.126. The van der Waals surface area contributed by atoms with Crippen LogP contribution in [0.4, 0.5) is 5.82 Å². The third kappa shape index (κ3) is 5.87. The number of ketones is 1. The number of Topliss-reactive ketones (excluding diaryl/α,β-unsaturated/α-hetero) is 1. The molecular formula is C18H21N3O4. The molecule has 0 saturated heterocycles. The number of carbonyl (C=O) groups is 3. The quantitative estimate of drug-likeness (QED) is 0.717. The first-order valence-corrected chi connectivity index (χ1v) is 8.07. The van der Waals surface area contributed by atoms with Crippen LogP contribution in [0.15, 0.2) is 40.9 Å². The number of amides is 2. The molecule has 2 N–H and O–H groups in total. The zero-order valence-electron chi connectivity index (χ0n) is 14.2. The highest BCUT2D eigenvalue weighted by molar-refractivity contribution is 5.97. The van der Waals surface area contributed by atoms with Crippen molar-refractivity contribution in [1.82, 2.24) is 10.5 Å². The summed E-state index contributed by atoms with van der Waals surface area (Å²) in [7, 11) is 0. The van der Waals surface area contributed by atoms with E-state index >= 15 is 0 Å². The van der Waals surface area contributed by atoms with E-state index < -0.39 is 6.04 Å². The molecule has 1 aromatic carbocycles. The minimum Gasteiger partial charge on any atom is -0.360 e. The van der Waals surface area contributed by atoms with E-state index in [9.17, 15) is 14.4 Å². The minimum absolute atomic E-state index is 0.000550. The van der Waals surface area contributed by atoms with Gasteiger partial charge in [0.05, 0.1) is 0 Å². The minimum atomic E-state index is -0.714. The van der Waals surface area contributed by atoms with Crippen LogP contribution in [0.2, 0.25) is 0 Å². The molecule has 0 unspecified atom stereocenters. The van der Waals surface area contributed by atoms with Gasteiger partial charge >= 0.3 is 0 Å². The summed E-state index contributed by atoms with van der Waals surface area (Å²) in [5, 5.41) is 8.81. The Morgan fingerprint density at radius 3 is 2.52 bits per heavy atom. The van der Waals surface area contributed by atoms with E-state index in [1.54, 1.807) is 44.2 Å². The molecule has 0 spiro atoms. The zero-order valence-corrected chi connectivity index (χ0v) is 14.2. The number of hydrogen-bond acceptors (Lipinski definition) is 5. The number of carbonyl (C=O) groups excluding carboxylic acids is 3. The van der Waals surface area contributed by atoms with Gasteiger partial charge < -0.3 is 15.2 Å². The summed E-state index contributed by atoms with van der Waals surface area (Å²) in [5.41, 5.74) is 0.638. The maximum atomic E-state index is 12.0. The van der Waals surface area contributed by atoms with Crippen molar-refractivity contribution in [2.75, 3.05) is 5.32 Å². The molecular weight excluding hydrogens is 322 g/mol. The van der Waals surface area contributed by atoms with Gasteiger partial charge in [-0.15, -0.1) is 0 Å². The van der Waals surface area contributed by atoms with Crippen LogP contribution in [0.5, 0.6) is 0 Å². The predicted octanol–water partition coefficient (Wildman–Crippen LogP) is 2.48. The SMILES string of the molecule is Cc1cc(NC(=O)[C@H](C)NC(=O)CCCC(=O)c2ccccc2)no1. The van der Waals surface area contributed by atoms with Crippen molar-refractivity contribution in [2.45, 2.75) is 39.2 Å². The molecule has 2 aromatic rings. The lowest BCUT2D eigenvalue weighted by Gasteiger charge is -2.12. The van der Waals surface area contributed by atoms with Gasteiger partial charge in [0.15, 0.2) is 11.6 Å². The predicted molar refractivity (Wildman–Crippen MR) is 92.1 cm³/mol. The Morgan fingerprint density at radius 1 is 1.16 bits per heavy atom. The molecule has 2 amide bonds. The summed E-state index contributed by atoms with van der Waals surface area (Å²) in [6.45, 7) is 3.29. The summed E-state index contributed by atoms with van der Waals surface area (Å²) < 4.78 is 4.85. The number of rotatable bonds is 8. The lowest BCUT2D eigenvalue weighted by atomic mass is 10.1. The first-order valence-electron chi connectivity index (χ1n) is 8.07. The number of hydrogen-bond donors (Lipinski definition) is 2. The second-order valence-electron chi connectivity index (χ2n) is 5.74. The van der Waals surface area contributed by atoms with E-state index in [4.69, 9.17) is 4.52 Å². The van der Waals surface area contributed by atoms with Crippen molar-refractivity contribution in [3.63, 3.8) is 0 Å². The number of anilines is 1. The number of nitrogens with zero attached hydrogens (tertiary/aromatic N) is 1. The molecule has 0 aliphatic heterocycles. The first kappa shape index (κ1) is 18.4. The molecule has 7 nitrogen and oxygen atoms in total. The van der Waals surface area contributed by atoms with E-state index in [-0.39, 0.29) is 30.4 Å². The second-order valence-corrected chi connectivity index (χ2v) is 5.74. The van der Waals surface area contributed by atoms with Gasteiger partial charge in [-0.3, -0.25) is 14.4 Å². The van der Waals surface area contributed by atoms with Crippen molar-refractivity contribution in [3.8, 4) is 0 Å². The first-order chi connectivity index (χ1) is 12.0. The van der Waals surface area contributed by atoms with E-state index in [0.717, 1.165) is 0 Å². The molecule has 1 atom stereocenters. The van der Waals surface area contributed by atoms with Crippen LogP contribution in [-0.4, -0.2) is 28.8 Å². The maximum absolute atomic E-state index is 12.0. The average molecular weight is 343 g/mol. The van der Waals surface area contributed by atoms with Gasteiger partial charge in [-0.1, -0.05) is 35.5 Å². The lowest BCUT2D eigenvalue weighted by Crippen LogP contribution is -2.41. The summed E-state index contributed by atoms with van der Waals surface area (Å²) in [4.78, 5) is 35.8. The normalized spacial score (nSPS) is 11.6. The van der Waals surface area contributed by atoms with Gasteiger partial charge in [0.25, 0.3) is 0 Å². The summed E-state index contributed by atoms with van der Waals surface area (Å²) in [6, 6.07) is 9.82. The Hall–Kier alpha value is -2.96. The molecule has 7 heteroatoms. The molecule has 25 heavy (non-hydrogen) atoms. The average Bonchev–Trinajstić information content (AvgIpc) is 3.00. The molecule has 0 radical (unpaired) electrons. The highest BCUT2D eigenvalue weighted by Gasteiger charge is 2.17. The zero-order chi connectivity index (χ0) is 18.2. The number of aryl methyl sites for hydroxylation is 1. The number of aromatic nitrogens is 1. The van der Waals surface area contributed by atoms with Crippen LogP contribution >= 0.6 is 0 Å². The summed E-state index contributed by atoms with van der Waals surface area (Å²) in [5.74, 6) is 0.217. The monoisotopic (exact) mass is 343 g/mol. The highest BCUT2D eigenvalue weighted by Crippen LogP contribution is 2.08. The largest absolute Gasteiger partial charge is 0.360 e. The van der Waals surface area contributed by atoms with E-state index in [2.05, 4.69) is 15.8 Å². The maximum Gasteiger partial charge on any atom is 0.247 e. The standard InChI is InChI=1S/C18H21N3O4/c1-12-11-16(21-25-12)20-18(24)13(2)19-17(23)10-6-9-15(22)14-7-4-3-5-8-14/h3-5,7-8,11,13H,6,9-10H2,1-2H3,(H,19,23)(H,20,21,24)/t13-/m0/s1. The van der Waals surface area contributed by atoms with Crippen LogP contribution in [0.3, 0.4) is 0 Å². The Balaban J connectivity index is 1.70. The van der Waals surface area contributed by atoms with Crippen LogP contribution in [0.25, 0.3) is 0 Å². The fourth-order valence-corrected chi connectivity index (χ4v) is 2.22. The Labute approximate surface area is 145 Å². The summed E-state index contributed by atoms with van der Waals surface area (Å²) >= 11 is 0. The van der Waals surface area contributed by atoms with E-state index in [0.29, 0.717) is 23.6 Å². The summed E-state index contributed by atoms with van der Waals surface area (Å²) in [6.07, 6.45) is 0.895. The molecule has 1 aromatic heterocycles.